The summed E-state index contributed by atoms with van der Waals surface area (Å²) in [7, 11) is -3.28. The summed E-state index contributed by atoms with van der Waals surface area (Å²) in [6.07, 6.45) is 2.62. The first-order valence-electron chi connectivity index (χ1n) is 8.30. The van der Waals surface area contributed by atoms with Crippen molar-refractivity contribution in [2.45, 2.75) is 44.1 Å². The third-order valence-corrected chi connectivity index (χ3v) is 6.91. The lowest BCUT2D eigenvalue weighted by Crippen LogP contribution is -2.43. The van der Waals surface area contributed by atoms with Gasteiger partial charge in [-0.05, 0) is 38.8 Å². The number of aryl methyl sites for hydroxylation is 2. The summed E-state index contributed by atoms with van der Waals surface area (Å²) >= 11 is 0. The highest BCUT2D eigenvalue weighted by Crippen LogP contribution is 2.23. The van der Waals surface area contributed by atoms with Gasteiger partial charge in [-0.15, -0.1) is 0 Å². The van der Waals surface area contributed by atoms with Gasteiger partial charge in [0.1, 0.15) is 17.3 Å². The average molecular weight is 366 g/mol. The predicted octanol–water partition coefficient (Wildman–Crippen LogP) is 2.03. The van der Waals surface area contributed by atoms with E-state index < -0.39 is 15.1 Å². The number of carbonyl (C=O) groups is 1. The standard InChI is InChI=1S/C17H22N2O5S/c1-12-16(13(2)24-18-12)10-17(20)19-7-5-15(6-8-19)25(21,22)11-14-4-3-9-23-14/h3-4,9,15H,5-8,10-11H2,1-2H3. The van der Waals surface area contributed by atoms with Crippen LogP contribution in [-0.4, -0.2) is 42.7 Å². The largest absolute Gasteiger partial charge is 0.468 e. The van der Waals surface area contributed by atoms with Gasteiger partial charge in [0, 0.05) is 18.7 Å². The lowest BCUT2D eigenvalue weighted by molar-refractivity contribution is -0.131. The second kappa shape index (κ2) is 7.03. The number of hydrogen-bond acceptors (Lipinski definition) is 6. The van der Waals surface area contributed by atoms with Crippen molar-refractivity contribution in [1.82, 2.24) is 10.1 Å². The number of likely N-dealkylation sites (tertiary alicyclic amines) is 1. The van der Waals surface area contributed by atoms with Gasteiger partial charge in [-0.3, -0.25) is 4.79 Å². The summed E-state index contributed by atoms with van der Waals surface area (Å²) in [5.74, 6) is 1.01. The minimum absolute atomic E-state index is 0.0173. The average Bonchev–Trinajstić information content (AvgIpc) is 3.19. The zero-order valence-electron chi connectivity index (χ0n) is 14.4. The number of sulfone groups is 1. The molecule has 8 heteroatoms. The van der Waals surface area contributed by atoms with Crippen LogP contribution in [0.3, 0.4) is 0 Å². The molecule has 1 amide bonds. The van der Waals surface area contributed by atoms with Crippen LogP contribution in [0.15, 0.2) is 27.3 Å². The fourth-order valence-electron chi connectivity index (χ4n) is 3.19. The van der Waals surface area contributed by atoms with Gasteiger partial charge in [0.2, 0.25) is 5.91 Å². The van der Waals surface area contributed by atoms with E-state index in [0.29, 0.717) is 37.5 Å². The fourth-order valence-corrected chi connectivity index (χ4v) is 4.92. The van der Waals surface area contributed by atoms with Gasteiger partial charge in [-0.1, -0.05) is 5.16 Å². The second-order valence-corrected chi connectivity index (χ2v) is 8.73. The molecule has 2 aromatic rings. The van der Waals surface area contributed by atoms with Crippen molar-refractivity contribution < 1.29 is 22.2 Å². The fraction of sp³-hybridized carbons (Fsp3) is 0.529. The van der Waals surface area contributed by atoms with Gasteiger partial charge >= 0.3 is 0 Å². The maximum Gasteiger partial charge on any atom is 0.227 e. The molecule has 0 radical (unpaired) electrons. The number of rotatable bonds is 5. The Balaban J connectivity index is 1.57. The quantitative estimate of drug-likeness (QED) is 0.804. The molecule has 0 N–H and O–H groups in total. The maximum absolute atomic E-state index is 12.5. The Morgan fingerprint density at radius 1 is 1.32 bits per heavy atom. The van der Waals surface area contributed by atoms with Gasteiger partial charge in [0.25, 0.3) is 0 Å². The van der Waals surface area contributed by atoms with Gasteiger partial charge < -0.3 is 13.8 Å². The van der Waals surface area contributed by atoms with E-state index in [0.717, 1.165) is 11.3 Å². The number of aromatic nitrogens is 1. The number of furan rings is 1. The van der Waals surface area contributed by atoms with E-state index in [1.54, 1.807) is 24.0 Å². The SMILES string of the molecule is Cc1noc(C)c1CC(=O)N1CCC(S(=O)(=O)Cc2ccco2)CC1. The number of amides is 1. The highest BCUT2D eigenvalue weighted by Gasteiger charge is 2.32. The Morgan fingerprint density at radius 2 is 2.04 bits per heavy atom. The molecule has 0 aliphatic carbocycles. The summed E-state index contributed by atoms with van der Waals surface area (Å²) in [4.78, 5) is 14.2. The van der Waals surface area contributed by atoms with Gasteiger partial charge in [0.05, 0.1) is 23.6 Å². The van der Waals surface area contributed by atoms with Gasteiger partial charge in [-0.25, -0.2) is 8.42 Å². The molecule has 7 nitrogen and oxygen atoms in total. The van der Waals surface area contributed by atoms with Crippen LogP contribution in [0.2, 0.25) is 0 Å². The molecule has 0 unspecified atom stereocenters. The lowest BCUT2D eigenvalue weighted by atomic mass is 10.1. The minimum atomic E-state index is -3.28. The Bertz CT molecular complexity index is 811. The molecule has 0 saturated carbocycles. The van der Waals surface area contributed by atoms with E-state index in [-0.39, 0.29) is 18.1 Å². The zero-order valence-corrected chi connectivity index (χ0v) is 15.2. The molecule has 2 aromatic heterocycles. The molecule has 0 bridgehead atoms. The predicted molar refractivity (Wildman–Crippen MR) is 90.6 cm³/mol. The highest BCUT2D eigenvalue weighted by molar-refractivity contribution is 7.91. The van der Waals surface area contributed by atoms with Crippen molar-refractivity contribution in [3.05, 3.63) is 41.2 Å². The Morgan fingerprint density at radius 3 is 2.60 bits per heavy atom. The van der Waals surface area contributed by atoms with Crippen molar-refractivity contribution in [3.8, 4) is 0 Å². The number of piperidine rings is 1. The monoisotopic (exact) mass is 366 g/mol. The van der Waals surface area contributed by atoms with Crippen LogP contribution in [0.25, 0.3) is 0 Å². The second-order valence-electron chi connectivity index (χ2n) is 6.45. The summed E-state index contributed by atoms with van der Waals surface area (Å²) in [5, 5.41) is 3.43. The number of nitrogens with zero attached hydrogens (tertiary/aromatic N) is 2. The van der Waals surface area contributed by atoms with Crippen molar-refractivity contribution >= 4 is 15.7 Å². The molecule has 1 fully saturated rings. The molecule has 0 spiro atoms. The van der Waals surface area contributed by atoms with E-state index >= 15 is 0 Å². The van der Waals surface area contributed by atoms with Crippen LogP contribution in [-0.2, 0) is 26.8 Å². The summed E-state index contributed by atoms with van der Waals surface area (Å²) in [5.41, 5.74) is 1.54. The summed E-state index contributed by atoms with van der Waals surface area (Å²) in [6, 6.07) is 3.35. The minimum Gasteiger partial charge on any atom is -0.468 e. The van der Waals surface area contributed by atoms with Crippen molar-refractivity contribution in [3.63, 3.8) is 0 Å². The van der Waals surface area contributed by atoms with E-state index in [2.05, 4.69) is 5.16 Å². The molecule has 1 aliphatic heterocycles. The van der Waals surface area contributed by atoms with E-state index in [1.165, 1.54) is 6.26 Å². The molecule has 0 aromatic carbocycles. The zero-order chi connectivity index (χ0) is 18.0. The number of carbonyl (C=O) groups excluding carboxylic acids is 1. The van der Waals surface area contributed by atoms with Crippen LogP contribution in [0, 0.1) is 13.8 Å². The van der Waals surface area contributed by atoms with Crippen LogP contribution in [0.1, 0.15) is 35.6 Å². The topological polar surface area (TPSA) is 93.6 Å². The maximum atomic E-state index is 12.5. The first-order valence-corrected chi connectivity index (χ1v) is 10.0. The van der Waals surface area contributed by atoms with Gasteiger partial charge in [0.15, 0.2) is 9.84 Å². The molecule has 0 atom stereocenters. The molecule has 3 rings (SSSR count). The van der Waals surface area contributed by atoms with E-state index in [4.69, 9.17) is 8.94 Å². The van der Waals surface area contributed by atoms with Crippen molar-refractivity contribution in [1.29, 1.82) is 0 Å². The molecular formula is C17H22N2O5S. The van der Waals surface area contributed by atoms with Gasteiger partial charge in [-0.2, -0.15) is 0 Å². The van der Waals surface area contributed by atoms with Crippen LogP contribution in [0.5, 0.6) is 0 Å². The lowest BCUT2D eigenvalue weighted by Gasteiger charge is -2.31. The first kappa shape index (κ1) is 17.7. The first-order chi connectivity index (χ1) is 11.9. The Kier molecular flexibility index (Phi) is 4.99. The summed E-state index contributed by atoms with van der Waals surface area (Å²) < 4.78 is 35.2. The molecular weight excluding hydrogens is 344 g/mol. The Labute approximate surface area is 146 Å². The number of hydrogen-bond donors (Lipinski definition) is 0. The molecule has 1 saturated heterocycles. The Hall–Kier alpha value is -2.09. The van der Waals surface area contributed by atoms with Crippen LogP contribution in [0.4, 0.5) is 0 Å². The smallest absolute Gasteiger partial charge is 0.227 e. The highest BCUT2D eigenvalue weighted by atomic mass is 32.2. The molecule has 136 valence electrons. The molecule has 1 aliphatic rings. The normalized spacial score (nSPS) is 16.3. The van der Waals surface area contributed by atoms with Crippen molar-refractivity contribution in [2.75, 3.05) is 13.1 Å². The third kappa shape index (κ3) is 3.95. The van der Waals surface area contributed by atoms with E-state index in [9.17, 15) is 13.2 Å². The summed E-state index contributed by atoms with van der Waals surface area (Å²) in [6.45, 7) is 4.50. The van der Waals surface area contributed by atoms with Crippen LogP contribution >= 0.6 is 0 Å². The third-order valence-electron chi connectivity index (χ3n) is 4.74. The molecule has 25 heavy (non-hydrogen) atoms. The van der Waals surface area contributed by atoms with Crippen LogP contribution < -0.4 is 0 Å². The van der Waals surface area contributed by atoms with E-state index in [1.807, 2.05) is 6.92 Å². The van der Waals surface area contributed by atoms with Crippen molar-refractivity contribution in [2.24, 2.45) is 0 Å². The molecule has 3 heterocycles.